The molecule has 2 aromatic carbocycles. The van der Waals surface area contributed by atoms with Crippen molar-refractivity contribution in [2.75, 3.05) is 28.2 Å². The number of hydrogen-bond acceptors (Lipinski definition) is 4. The van der Waals surface area contributed by atoms with E-state index in [0.717, 1.165) is 16.7 Å². The van der Waals surface area contributed by atoms with Crippen LogP contribution in [0, 0.1) is 0 Å². The molecular formula is C21H25ClN2O2. The maximum absolute atomic E-state index is 12.7. The van der Waals surface area contributed by atoms with Crippen LogP contribution in [-0.2, 0) is 13.1 Å². The predicted molar refractivity (Wildman–Crippen MR) is 108 cm³/mol. The lowest BCUT2D eigenvalue weighted by atomic mass is 10.00. The molecule has 0 aliphatic carbocycles. The van der Waals surface area contributed by atoms with Crippen molar-refractivity contribution < 1.29 is 9.90 Å². The molecule has 0 spiro atoms. The summed E-state index contributed by atoms with van der Waals surface area (Å²) in [6.45, 7) is 1.11. The fourth-order valence-corrected chi connectivity index (χ4v) is 2.90. The van der Waals surface area contributed by atoms with Crippen LogP contribution in [0.5, 0.6) is 5.75 Å². The van der Waals surface area contributed by atoms with Gasteiger partial charge >= 0.3 is 0 Å². The zero-order valence-electron chi connectivity index (χ0n) is 15.7. The summed E-state index contributed by atoms with van der Waals surface area (Å²) in [4.78, 5) is 16.6. The average Bonchev–Trinajstić information content (AvgIpc) is 2.56. The number of benzene rings is 2. The Labute approximate surface area is 160 Å². The van der Waals surface area contributed by atoms with Crippen molar-refractivity contribution in [1.29, 1.82) is 0 Å². The van der Waals surface area contributed by atoms with Gasteiger partial charge in [-0.3, -0.25) is 4.79 Å². The summed E-state index contributed by atoms with van der Waals surface area (Å²) in [7, 11) is 7.71. The summed E-state index contributed by atoms with van der Waals surface area (Å²) >= 11 is 6.13. The Morgan fingerprint density at radius 2 is 1.58 bits per heavy atom. The molecule has 0 amide bonds. The number of halogens is 1. The Morgan fingerprint density at radius 3 is 2.08 bits per heavy atom. The highest BCUT2D eigenvalue weighted by Gasteiger charge is 2.14. The molecule has 0 saturated carbocycles. The van der Waals surface area contributed by atoms with Gasteiger partial charge in [-0.25, -0.2) is 0 Å². The van der Waals surface area contributed by atoms with Crippen LogP contribution in [0.25, 0.3) is 6.08 Å². The lowest BCUT2D eigenvalue weighted by molar-refractivity contribution is 0.104. The van der Waals surface area contributed by atoms with Gasteiger partial charge in [-0.05, 0) is 64.1 Å². The van der Waals surface area contributed by atoms with Crippen LogP contribution in [0.1, 0.15) is 27.0 Å². The van der Waals surface area contributed by atoms with Crippen LogP contribution >= 0.6 is 11.6 Å². The third kappa shape index (κ3) is 5.43. The van der Waals surface area contributed by atoms with Gasteiger partial charge in [0.25, 0.3) is 0 Å². The van der Waals surface area contributed by atoms with Crippen LogP contribution in [0.4, 0.5) is 0 Å². The standard InChI is InChI=1S/C21H25ClN2O2/c1-23(2)13-17-11-16(12-18(21(17)26)14-24(3)4)20(25)10-9-15-7-5-6-8-19(15)22/h5-12,26H,13-14H2,1-4H3/b10-9+. The van der Waals surface area contributed by atoms with Gasteiger partial charge in [-0.2, -0.15) is 0 Å². The Hall–Kier alpha value is -2.14. The second kappa shape index (κ2) is 8.99. The van der Waals surface area contributed by atoms with Gasteiger partial charge < -0.3 is 14.9 Å². The second-order valence-corrected chi connectivity index (χ2v) is 7.24. The number of ketones is 1. The molecule has 0 aliphatic rings. The monoisotopic (exact) mass is 372 g/mol. The van der Waals surface area contributed by atoms with Gasteiger partial charge in [0, 0.05) is 34.8 Å². The van der Waals surface area contributed by atoms with Crippen molar-refractivity contribution in [3.63, 3.8) is 0 Å². The van der Waals surface area contributed by atoms with E-state index in [9.17, 15) is 9.90 Å². The average molecular weight is 373 g/mol. The van der Waals surface area contributed by atoms with Gasteiger partial charge in [0.1, 0.15) is 5.75 Å². The number of nitrogens with zero attached hydrogens (tertiary/aromatic N) is 2. The fourth-order valence-electron chi connectivity index (χ4n) is 2.70. The van der Waals surface area contributed by atoms with E-state index < -0.39 is 0 Å². The maximum atomic E-state index is 12.7. The topological polar surface area (TPSA) is 43.8 Å². The molecule has 0 fully saturated rings. The quantitative estimate of drug-likeness (QED) is 0.588. The van der Waals surface area contributed by atoms with Crippen LogP contribution in [0.2, 0.25) is 5.02 Å². The lowest BCUT2D eigenvalue weighted by Crippen LogP contribution is -2.15. The van der Waals surface area contributed by atoms with E-state index in [4.69, 9.17) is 11.6 Å². The van der Waals surface area contributed by atoms with E-state index >= 15 is 0 Å². The van der Waals surface area contributed by atoms with E-state index in [2.05, 4.69) is 0 Å². The summed E-state index contributed by atoms with van der Waals surface area (Å²) in [6, 6.07) is 10.9. The summed E-state index contributed by atoms with van der Waals surface area (Å²) in [5, 5.41) is 11.1. The van der Waals surface area contributed by atoms with E-state index in [1.807, 2.05) is 56.2 Å². The molecule has 0 atom stereocenters. The van der Waals surface area contributed by atoms with Crippen molar-refractivity contribution in [2.24, 2.45) is 0 Å². The predicted octanol–water partition coefficient (Wildman–Crippen LogP) is 4.06. The molecule has 0 aliphatic heterocycles. The zero-order valence-corrected chi connectivity index (χ0v) is 16.4. The molecule has 0 radical (unpaired) electrons. The molecule has 2 rings (SSSR count). The third-order valence-corrected chi connectivity index (χ3v) is 4.19. The number of hydrogen-bond donors (Lipinski definition) is 1. The third-order valence-electron chi connectivity index (χ3n) is 3.84. The van der Waals surface area contributed by atoms with E-state index in [1.165, 1.54) is 6.08 Å². The van der Waals surface area contributed by atoms with Crippen molar-refractivity contribution >= 4 is 23.5 Å². The number of carbonyl (C=O) groups excluding carboxylic acids is 1. The minimum Gasteiger partial charge on any atom is -0.507 e. The smallest absolute Gasteiger partial charge is 0.185 e. The van der Waals surface area contributed by atoms with Crippen molar-refractivity contribution in [3.05, 3.63) is 69.8 Å². The first kappa shape index (κ1) is 20.2. The second-order valence-electron chi connectivity index (χ2n) is 6.84. The fraction of sp³-hybridized carbons (Fsp3) is 0.286. The van der Waals surface area contributed by atoms with Gasteiger partial charge in [0.2, 0.25) is 0 Å². The molecule has 1 N–H and O–H groups in total. The van der Waals surface area contributed by atoms with Gasteiger partial charge in [-0.1, -0.05) is 29.8 Å². The molecule has 0 aromatic heterocycles. The van der Waals surface area contributed by atoms with Gasteiger partial charge in [0.05, 0.1) is 0 Å². The molecule has 2 aromatic rings. The lowest BCUT2D eigenvalue weighted by Gasteiger charge is -2.17. The Bertz CT molecular complexity index is 782. The van der Waals surface area contributed by atoms with E-state index in [-0.39, 0.29) is 11.5 Å². The highest BCUT2D eigenvalue weighted by atomic mass is 35.5. The molecule has 0 saturated heterocycles. The SMILES string of the molecule is CN(C)Cc1cc(C(=O)/C=C/c2ccccc2Cl)cc(CN(C)C)c1O. The Morgan fingerprint density at radius 1 is 1.04 bits per heavy atom. The van der Waals surface area contributed by atoms with E-state index in [1.54, 1.807) is 24.3 Å². The summed E-state index contributed by atoms with van der Waals surface area (Å²) in [6.07, 6.45) is 3.24. The van der Waals surface area contributed by atoms with E-state index in [0.29, 0.717) is 23.7 Å². The number of rotatable bonds is 7. The van der Waals surface area contributed by atoms with Crippen LogP contribution in [0.3, 0.4) is 0 Å². The Balaban J connectivity index is 2.37. The molecule has 4 nitrogen and oxygen atoms in total. The van der Waals surface area contributed by atoms with Crippen LogP contribution in [0.15, 0.2) is 42.5 Å². The first-order valence-electron chi connectivity index (χ1n) is 8.39. The highest BCUT2D eigenvalue weighted by molar-refractivity contribution is 6.32. The molecule has 0 heterocycles. The summed E-state index contributed by atoms with van der Waals surface area (Å²) < 4.78 is 0. The van der Waals surface area contributed by atoms with Crippen molar-refractivity contribution in [1.82, 2.24) is 9.80 Å². The molecule has 0 unspecified atom stereocenters. The molecule has 0 bridgehead atoms. The highest BCUT2D eigenvalue weighted by Crippen LogP contribution is 2.27. The van der Waals surface area contributed by atoms with Gasteiger partial charge in [0.15, 0.2) is 5.78 Å². The maximum Gasteiger partial charge on any atom is 0.185 e. The number of aromatic hydroxyl groups is 1. The van der Waals surface area contributed by atoms with Gasteiger partial charge in [-0.15, -0.1) is 0 Å². The Kier molecular flexibility index (Phi) is 6.98. The number of carbonyl (C=O) groups is 1. The number of phenols is 1. The summed E-state index contributed by atoms with van der Waals surface area (Å²) in [5.41, 5.74) is 2.83. The minimum atomic E-state index is -0.120. The minimum absolute atomic E-state index is 0.120. The van der Waals surface area contributed by atoms with Crippen LogP contribution in [-0.4, -0.2) is 48.9 Å². The zero-order chi connectivity index (χ0) is 19.3. The normalized spacial score (nSPS) is 11.7. The molecule has 5 heteroatoms. The van der Waals surface area contributed by atoms with Crippen molar-refractivity contribution in [2.45, 2.75) is 13.1 Å². The first-order chi connectivity index (χ1) is 12.3. The molecular weight excluding hydrogens is 348 g/mol. The molecule has 26 heavy (non-hydrogen) atoms. The molecule has 138 valence electrons. The first-order valence-corrected chi connectivity index (χ1v) is 8.77. The van der Waals surface area contributed by atoms with Crippen molar-refractivity contribution in [3.8, 4) is 5.75 Å². The van der Waals surface area contributed by atoms with Crippen LogP contribution < -0.4 is 0 Å². The number of phenolic OH excluding ortho intramolecular Hbond substituents is 1. The summed E-state index contributed by atoms with van der Waals surface area (Å²) in [5.74, 6) is 0.129. The largest absolute Gasteiger partial charge is 0.507 e. The number of allylic oxidation sites excluding steroid dienone is 1.